The number of hydrogen-bond donors (Lipinski definition) is 1. The number of rotatable bonds is 4. The van der Waals surface area contributed by atoms with Crippen molar-refractivity contribution in [2.45, 2.75) is 44.1 Å². The monoisotopic (exact) mass is 289 g/mol. The third-order valence-corrected chi connectivity index (χ3v) is 5.00. The van der Waals surface area contributed by atoms with Crippen LogP contribution in [-0.4, -0.2) is 12.6 Å². The Morgan fingerprint density at radius 1 is 1.15 bits per heavy atom. The Kier molecular flexibility index (Phi) is 3.24. The zero-order valence-electron chi connectivity index (χ0n) is 11.6. The molecule has 0 spiro atoms. The third-order valence-electron chi connectivity index (χ3n) is 4.77. The van der Waals surface area contributed by atoms with Gasteiger partial charge in [-0.15, -0.1) is 0 Å². The second-order valence-corrected chi connectivity index (χ2v) is 6.75. The summed E-state index contributed by atoms with van der Waals surface area (Å²) in [6.07, 6.45) is 6.62. The van der Waals surface area contributed by atoms with Gasteiger partial charge in [0.25, 0.3) is 0 Å². The first-order chi connectivity index (χ1) is 9.79. The molecule has 0 amide bonds. The third kappa shape index (κ3) is 2.47. The van der Waals surface area contributed by atoms with E-state index in [1.54, 1.807) is 0 Å². The molecule has 20 heavy (non-hydrogen) atoms. The highest BCUT2D eigenvalue weighted by molar-refractivity contribution is 6.31. The summed E-state index contributed by atoms with van der Waals surface area (Å²) in [6.45, 7) is 1.15. The van der Waals surface area contributed by atoms with Gasteiger partial charge in [-0.25, -0.2) is 0 Å². The van der Waals surface area contributed by atoms with E-state index < -0.39 is 0 Å². The van der Waals surface area contributed by atoms with Crippen molar-refractivity contribution >= 4 is 22.6 Å². The van der Waals surface area contributed by atoms with E-state index in [9.17, 15) is 0 Å². The van der Waals surface area contributed by atoms with Crippen LogP contribution in [0.25, 0.3) is 11.0 Å². The number of benzene rings is 1. The maximum Gasteiger partial charge on any atom is 0.134 e. The standard InChI is InChI=1S/C17H20ClNO/c18-13-4-7-16-12(8-13)9-17(20-16)15-3-1-2-11(15)10-19-14-5-6-14/h4,7-9,11,14-15,19H,1-3,5-6,10H2. The van der Waals surface area contributed by atoms with Gasteiger partial charge in [0.15, 0.2) is 0 Å². The van der Waals surface area contributed by atoms with E-state index in [2.05, 4.69) is 11.4 Å². The molecule has 3 heteroatoms. The van der Waals surface area contributed by atoms with E-state index in [1.807, 2.05) is 18.2 Å². The van der Waals surface area contributed by atoms with E-state index in [1.165, 1.54) is 32.1 Å². The van der Waals surface area contributed by atoms with Crippen molar-refractivity contribution in [1.29, 1.82) is 0 Å². The Morgan fingerprint density at radius 3 is 2.90 bits per heavy atom. The van der Waals surface area contributed by atoms with Crippen LogP contribution in [0.4, 0.5) is 0 Å². The van der Waals surface area contributed by atoms with Gasteiger partial charge in [0.2, 0.25) is 0 Å². The van der Waals surface area contributed by atoms with E-state index >= 15 is 0 Å². The molecule has 2 saturated carbocycles. The lowest BCUT2D eigenvalue weighted by molar-refractivity contribution is 0.390. The van der Waals surface area contributed by atoms with Gasteiger partial charge in [0.05, 0.1) is 0 Å². The Balaban J connectivity index is 1.56. The van der Waals surface area contributed by atoms with Crippen LogP contribution in [0.1, 0.15) is 43.8 Å². The fourth-order valence-corrected chi connectivity index (χ4v) is 3.66. The number of hydrogen-bond acceptors (Lipinski definition) is 2. The molecular weight excluding hydrogens is 270 g/mol. The van der Waals surface area contributed by atoms with Crippen LogP contribution >= 0.6 is 11.6 Å². The summed E-state index contributed by atoms with van der Waals surface area (Å²) >= 11 is 6.06. The van der Waals surface area contributed by atoms with Crippen molar-refractivity contribution in [2.24, 2.45) is 5.92 Å². The average Bonchev–Trinajstić information content (AvgIpc) is 2.99. The quantitative estimate of drug-likeness (QED) is 0.881. The highest BCUT2D eigenvalue weighted by atomic mass is 35.5. The van der Waals surface area contributed by atoms with E-state index in [0.717, 1.165) is 40.3 Å². The second-order valence-electron chi connectivity index (χ2n) is 6.31. The van der Waals surface area contributed by atoms with Crippen LogP contribution in [0, 0.1) is 5.92 Å². The zero-order chi connectivity index (χ0) is 13.5. The maximum atomic E-state index is 6.07. The lowest BCUT2D eigenvalue weighted by Gasteiger charge is -2.18. The van der Waals surface area contributed by atoms with E-state index in [4.69, 9.17) is 16.0 Å². The molecule has 2 aliphatic rings. The van der Waals surface area contributed by atoms with Crippen LogP contribution in [-0.2, 0) is 0 Å². The molecular formula is C17H20ClNO. The topological polar surface area (TPSA) is 25.2 Å². The maximum absolute atomic E-state index is 6.07. The van der Waals surface area contributed by atoms with Crippen LogP contribution in [0.3, 0.4) is 0 Å². The summed E-state index contributed by atoms with van der Waals surface area (Å²) in [5.74, 6) is 2.46. The summed E-state index contributed by atoms with van der Waals surface area (Å²) in [5, 5.41) is 5.59. The molecule has 1 aromatic carbocycles. The minimum atomic E-state index is 0.576. The van der Waals surface area contributed by atoms with Crippen molar-refractivity contribution in [2.75, 3.05) is 6.54 Å². The van der Waals surface area contributed by atoms with Gasteiger partial charge in [-0.1, -0.05) is 18.0 Å². The average molecular weight is 290 g/mol. The SMILES string of the molecule is Clc1ccc2oc(C3CCCC3CNC3CC3)cc2c1. The van der Waals surface area contributed by atoms with Crippen molar-refractivity contribution in [3.05, 3.63) is 35.0 Å². The summed E-state index contributed by atoms with van der Waals surface area (Å²) in [7, 11) is 0. The van der Waals surface area contributed by atoms with Crippen LogP contribution in [0.15, 0.2) is 28.7 Å². The van der Waals surface area contributed by atoms with Gasteiger partial charge < -0.3 is 9.73 Å². The molecule has 0 aliphatic heterocycles. The van der Waals surface area contributed by atoms with Crippen molar-refractivity contribution in [3.8, 4) is 0 Å². The van der Waals surface area contributed by atoms with Gasteiger partial charge in [-0.05, 0) is 62.4 Å². The first-order valence-electron chi connectivity index (χ1n) is 7.72. The first-order valence-corrected chi connectivity index (χ1v) is 8.10. The largest absolute Gasteiger partial charge is 0.461 e. The molecule has 2 nitrogen and oxygen atoms in total. The molecule has 4 rings (SSSR count). The minimum absolute atomic E-state index is 0.576. The number of halogens is 1. The number of furan rings is 1. The Morgan fingerprint density at radius 2 is 2.05 bits per heavy atom. The summed E-state index contributed by atoms with van der Waals surface area (Å²) in [5.41, 5.74) is 0.963. The molecule has 2 fully saturated rings. The van der Waals surface area contributed by atoms with Crippen LogP contribution in [0.5, 0.6) is 0 Å². The minimum Gasteiger partial charge on any atom is -0.461 e. The van der Waals surface area contributed by atoms with Crippen LogP contribution in [0.2, 0.25) is 5.02 Å². The number of nitrogens with one attached hydrogen (secondary N) is 1. The smallest absolute Gasteiger partial charge is 0.134 e. The molecule has 2 aliphatic carbocycles. The second kappa shape index (κ2) is 5.09. The normalized spacial score (nSPS) is 26.4. The lowest BCUT2D eigenvalue weighted by atomic mass is 9.93. The van der Waals surface area contributed by atoms with Crippen LogP contribution < -0.4 is 5.32 Å². The van der Waals surface area contributed by atoms with Crippen molar-refractivity contribution < 1.29 is 4.42 Å². The Labute approximate surface area is 124 Å². The number of fused-ring (bicyclic) bond motifs is 1. The zero-order valence-corrected chi connectivity index (χ0v) is 12.3. The molecule has 2 atom stereocenters. The highest BCUT2D eigenvalue weighted by Crippen LogP contribution is 2.41. The first kappa shape index (κ1) is 12.7. The Hall–Kier alpha value is -0.990. The predicted molar refractivity (Wildman–Crippen MR) is 82.3 cm³/mol. The van der Waals surface area contributed by atoms with Gasteiger partial charge >= 0.3 is 0 Å². The van der Waals surface area contributed by atoms with Crippen molar-refractivity contribution in [3.63, 3.8) is 0 Å². The molecule has 2 unspecified atom stereocenters. The summed E-state index contributed by atoms with van der Waals surface area (Å²) in [4.78, 5) is 0. The predicted octanol–water partition coefficient (Wildman–Crippen LogP) is 4.72. The molecule has 0 saturated heterocycles. The fourth-order valence-electron chi connectivity index (χ4n) is 3.48. The highest BCUT2D eigenvalue weighted by Gasteiger charge is 2.32. The Bertz CT molecular complexity index is 616. The molecule has 1 heterocycles. The molecule has 0 bridgehead atoms. The van der Waals surface area contributed by atoms with Gasteiger partial charge in [-0.2, -0.15) is 0 Å². The summed E-state index contributed by atoms with van der Waals surface area (Å²) in [6, 6.07) is 8.87. The fraction of sp³-hybridized carbons (Fsp3) is 0.529. The van der Waals surface area contributed by atoms with Gasteiger partial charge in [0, 0.05) is 22.4 Å². The van der Waals surface area contributed by atoms with E-state index in [-0.39, 0.29) is 0 Å². The molecule has 2 aromatic rings. The molecule has 0 radical (unpaired) electrons. The molecule has 1 N–H and O–H groups in total. The molecule has 1 aromatic heterocycles. The van der Waals surface area contributed by atoms with Gasteiger partial charge in [0.1, 0.15) is 11.3 Å². The van der Waals surface area contributed by atoms with E-state index in [0.29, 0.717) is 5.92 Å². The lowest BCUT2D eigenvalue weighted by Crippen LogP contribution is -2.26. The summed E-state index contributed by atoms with van der Waals surface area (Å²) < 4.78 is 6.07. The molecule has 106 valence electrons. The van der Waals surface area contributed by atoms with Crippen molar-refractivity contribution in [1.82, 2.24) is 5.32 Å². The van der Waals surface area contributed by atoms with Gasteiger partial charge in [-0.3, -0.25) is 0 Å².